The van der Waals surface area contributed by atoms with Crippen LogP contribution in [0.1, 0.15) is 23.1 Å². The molecule has 0 aliphatic rings. The van der Waals surface area contributed by atoms with E-state index in [0.717, 1.165) is 27.4 Å². The van der Waals surface area contributed by atoms with Gasteiger partial charge in [-0.2, -0.15) is 5.10 Å². The van der Waals surface area contributed by atoms with Crippen LogP contribution in [0, 0.1) is 13.8 Å². The van der Waals surface area contributed by atoms with Gasteiger partial charge in [-0.05, 0) is 38.5 Å². The van der Waals surface area contributed by atoms with Gasteiger partial charge in [0.05, 0.1) is 16.8 Å². The van der Waals surface area contributed by atoms with Gasteiger partial charge in [0.2, 0.25) is 0 Å². The second-order valence-corrected chi connectivity index (χ2v) is 5.78. The van der Waals surface area contributed by atoms with Crippen molar-refractivity contribution in [3.63, 3.8) is 0 Å². The highest BCUT2D eigenvalue weighted by Gasteiger charge is 2.11. The Morgan fingerprint density at radius 1 is 1.35 bits per heavy atom. The second-order valence-electron chi connectivity index (χ2n) is 4.58. The van der Waals surface area contributed by atoms with Crippen LogP contribution in [-0.4, -0.2) is 20.7 Å². The van der Waals surface area contributed by atoms with E-state index in [4.69, 9.17) is 0 Å². The Morgan fingerprint density at radius 2 is 2.20 bits per heavy atom. The first kappa shape index (κ1) is 12.8. The van der Waals surface area contributed by atoms with Gasteiger partial charge >= 0.3 is 0 Å². The molecule has 0 atom stereocenters. The Morgan fingerprint density at radius 3 is 2.95 bits per heavy atom. The number of thiophene rings is 1. The molecule has 0 aliphatic carbocycles. The Labute approximate surface area is 120 Å². The van der Waals surface area contributed by atoms with Gasteiger partial charge in [0.25, 0.3) is 0 Å². The molecule has 0 unspecified atom stereocenters. The maximum atomic E-state index is 4.39. The topological polar surface area (TPSA) is 66.0 Å². The average Bonchev–Trinajstić information content (AvgIpc) is 3.06. The van der Waals surface area contributed by atoms with Crippen LogP contribution in [-0.2, 0) is 0 Å². The highest BCUT2D eigenvalue weighted by molar-refractivity contribution is 7.18. The summed E-state index contributed by atoms with van der Waals surface area (Å²) >= 11 is 1.68. The van der Waals surface area contributed by atoms with Crippen molar-refractivity contribution in [3.8, 4) is 0 Å². The maximum absolute atomic E-state index is 4.39. The van der Waals surface area contributed by atoms with Crippen LogP contribution in [0.2, 0.25) is 0 Å². The van der Waals surface area contributed by atoms with E-state index in [1.165, 1.54) is 10.4 Å². The molecule has 0 saturated heterocycles. The third kappa shape index (κ3) is 2.18. The zero-order valence-electron chi connectivity index (χ0n) is 11.6. The minimum absolute atomic E-state index is 0.753. The van der Waals surface area contributed by atoms with Crippen molar-refractivity contribution in [2.24, 2.45) is 5.10 Å². The van der Waals surface area contributed by atoms with Gasteiger partial charge in [0.1, 0.15) is 11.2 Å². The van der Waals surface area contributed by atoms with Crippen LogP contribution < -0.4 is 5.43 Å². The fraction of sp³-hybridized carbons (Fsp3) is 0.214. The molecule has 0 radical (unpaired) electrons. The number of hydrazone groups is 1. The van der Waals surface area contributed by atoms with Crippen LogP contribution in [0.4, 0.5) is 5.82 Å². The lowest BCUT2D eigenvalue weighted by atomic mass is 10.2. The summed E-state index contributed by atoms with van der Waals surface area (Å²) in [6.45, 7) is 6.13. The van der Waals surface area contributed by atoms with Gasteiger partial charge in [-0.15, -0.1) is 11.3 Å². The number of aromatic amines is 1. The number of rotatable bonds is 3. The predicted molar refractivity (Wildman–Crippen MR) is 83.5 cm³/mol. The van der Waals surface area contributed by atoms with Crippen molar-refractivity contribution in [2.45, 2.75) is 20.8 Å². The number of hydrogen-bond acceptors (Lipinski definition) is 5. The summed E-state index contributed by atoms with van der Waals surface area (Å²) < 4.78 is 0. The Hall–Kier alpha value is -2.21. The molecule has 0 fully saturated rings. The second kappa shape index (κ2) is 5.05. The molecule has 0 amide bonds. The molecule has 0 aromatic carbocycles. The fourth-order valence-corrected chi connectivity index (χ4v) is 3.02. The van der Waals surface area contributed by atoms with Crippen molar-refractivity contribution >= 4 is 33.1 Å². The molecule has 0 aliphatic heterocycles. The van der Waals surface area contributed by atoms with Crippen molar-refractivity contribution in [3.05, 3.63) is 40.8 Å². The summed E-state index contributed by atoms with van der Waals surface area (Å²) in [6, 6.07) is 3.93. The molecule has 5 nitrogen and oxygen atoms in total. The van der Waals surface area contributed by atoms with E-state index in [9.17, 15) is 0 Å². The van der Waals surface area contributed by atoms with E-state index >= 15 is 0 Å². The molecule has 3 aromatic heterocycles. The zero-order valence-corrected chi connectivity index (χ0v) is 12.4. The molecular formula is C14H15N5S. The first-order valence-corrected chi connectivity index (χ1v) is 7.13. The Bertz CT molecular complexity index is 770. The zero-order chi connectivity index (χ0) is 14.1. The molecule has 20 heavy (non-hydrogen) atoms. The van der Waals surface area contributed by atoms with Gasteiger partial charge in [0, 0.05) is 11.1 Å². The van der Waals surface area contributed by atoms with Crippen LogP contribution in [0.25, 0.3) is 10.2 Å². The number of hydrogen-bond donors (Lipinski definition) is 2. The van der Waals surface area contributed by atoms with E-state index in [1.54, 1.807) is 17.7 Å². The first-order chi connectivity index (χ1) is 9.66. The summed E-state index contributed by atoms with van der Waals surface area (Å²) in [5.41, 5.74) is 6.13. The third-order valence-corrected chi connectivity index (χ3v) is 4.40. The molecule has 3 rings (SSSR count). The standard InChI is InChI=1S/C14H15N5S/c1-8-10(3)20-14-12(8)13(16-7-17-14)19-18-9(2)11-5-4-6-15-11/h4-7,15H,1-3H3,(H,16,17,19)/b18-9+. The monoisotopic (exact) mass is 285 g/mol. The molecule has 0 bridgehead atoms. The van der Waals surface area contributed by atoms with Crippen LogP contribution in [0.5, 0.6) is 0 Å². The van der Waals surface area contributed by atoms with E-state index in [1.807, 2.05) is 25.3 Å². The quantitative estimate of drug-likeness (QED) is 0.572. The van der Waals surface area contributed by atoms with Gasteiger partial charge in [0.15, 0.2) is 5.82 Å². The summed E-state index contributed by atoms with van der Waals surface area (Å²) in [7, 11) is 0. The normalized spacial score (nSPS) is 12.1. The summed E-state index contributed by atoms with van der Waals surface area (Å²) in [5, 5.41) is 5.44. The van der Waals surface area contributed by atoms with Crippen molar-refractivity contribution in [1.29, 1.82) is 0 Å². The lowest BCUT2D eigenvalue weighted by molar-refractivity contribution is 1.18. The maximum Gasteiger partial charge on any atom is 0.158 e. The smallest absolute Gasteiger partial charge is 0.158 e. The van der Waals surface area contributed by atoms with Gasteiger partial charge in [-0.1, -0.05) is 0 Å². The minimum atomic E-state index is 0.753. The number of aromatic nitrogens is 3. The SMILES string of the molecule is C/C(=N\Nc1ncnc2sc(C)c(C)c12)c1ccc[nH]1. The van der Waals surface area contributed by atoms with Crippen molar-refractivity contribution in [2.75, 3.05) is 5.43 Å². The summed E-state index contributed by atoms with van der Waals surface area (Å²) in [4.78, 5) is 14.0. The Balaban J connectivity index is 1.97. The minimum Gasteiger partial charge on any atom is -0.360 e. The molecule has 6 heteroatoms. The molecule has 0 spiro atoms. The van der Waals surface area contributed by atoms with Crippen LogP contribution in [0.15, 0.2) is 29.8 Å². The number of nitrogens with zero attached hydrogens (tertiary/aromatic N) is 3. The van der Waals surface area contributed by atoms with Gasteiger partial charge in [-0.25, -0.2) is 9.97 Å². The molecule has 102 valence electrons. The third-order valence-electron chi connectivity index (χ3n) is 3.28. The fourth-order valence-electron chi connectivity index (χ4n) is 2.02. The van der Waals surface area contributed by atoms with Crippen molar-refractivity contribution in [1.82, 2.24) is 15.0 Å². The van der Waals surface area contributed by atoms with Crippen molar-refractivity contribution < 1.29 is 0 Å². The number of nitrogens with one attached hydrogen (secondary N) is 2. The first-order valence-electron chi connectivity index (χ1n) is 6.31. The molecule has 3 heterocycles. The number of anilines is 1. The summed E-state index contributed by atoms with van der Waals surface area (Å²) in [5.74, 6) is 0.753. The molecule has 0 saturated carbocycles. The average molecular weight is 285 g/mol. The van der Waals surface area contributed by atoms with Crippen LogP contribution in [0.3, 0.4) is 0 Å². The molecule has 3 aromatic rings. The van der Waals surface area contributed by atoms with Gasteiger partial charge < -0.3 is 4.98 Å². The number of aryl methyl sites for hydroxylation is 2. The largest absolute Gasteiger partial charge is 0.360 e. The molecule has 2 N–H and O–H groups in total. The number of fused-ring (bicyclic) bond motifs is 1. The lowest BCUT2D eigenvalue weighted by Crippen LogP contribution is -2.01. The van der Waals surface area contributed by atoms with Crippen LogP contribution >= 0.6 is 11.3 Å². The lowest BCUT2D eigenvalue weighted by Gasteiger charge is -2.03. The Kier molecular flexibility index (Phi) is 3.23. The highest BCUT2D eigenvalue weighted by atomic mass is 32.1. The van der Waals surface area contributed by atoms with E-state index in [2.05, 4.69) is 39.3 Å². The van der Waals surface area contributed by atoms with E-state index in [-0.39, 0.29) is 0 Å². The highest BCUT2D eigenvalue weighted by Crippen LogP contribution is 2.32. The van der Waals surface area contributed by atoms with E-state index in [0.29, 0.717) is 0 Å². The number of H-pyrrole nitrogens is 1. The van der Waals surface area contributed by atoms with E-state index < -0.39 is 0 Å². The summed E-state index contributed by atoms with van der Waals surface area (Å²) in [6.07, 6.45) is 3.45. The van der Waals surface area contributed by atoms with Gasteiger partial charge in [-0.3, -0.25) is 5.43 Å². The molecular weight excluding hydrogens is 270 g/mol. The predicted octanol–water partition coefficient (Wildman–Crippen LogP) is 3.47.